The Kier molecular flexibility index (Phi) is 4.47. The molecule has 2 fully saturated rings. The first-order valence-corrected chi connectivity index (χ1v) is 8.26. The monoisotopic (exact) mass is 290 g/mol. The Hall–Kier alpha value is -0.660. The molecule has 6 nitrogen and oxygen atoms in total. The lowest BCUT2D eigenvalue weighted by Gasteiger charge is -2.33. The van der Waals surface area contributed by atoms with E-state index in [1.807, 2.05) is 0 Å². The SMILES string of the molecule is CC1CCCN(S(=O)(=O)N2CCC(CC(=O)O)C2)C1. The maximum absolute atomic E-state index is 12.5. The molecular formula is C12H22N2O4S. The third-order valence-electron chi connectivity index (χ3n) is 3.98. The zero-order valence-corrected chi connectivity index (χ0v) is 12.1. The van der Waals surface area contributed by atoms with Crippen LogP contribution in [0, 0.1) is 11.8 Å². The average molecular weight is 290 g/mol. The molecule has 2 atom stereocenters. The second-order valence-corrected chi connectivity index (χ2v) is 7.65. The molecule has 1 N–H and O–H groups in total. The quantitative estimate of drug-likeness (QED) is 0.829. The van der Waals surface area contributed by atoms with E-state index in [1.54, 1.807) is 4.31 Å². The van der Waals surface area contributed by atoms with Gasteiger partial charge in [-0.2, -0.15) is 17.0 Å². The van der Waals surface area contributed by atoms with Crippen LogP contribution in [-0.4, -0.2) is 54.3 Å². The van der Waals surface area contributed by atoms with Crippen LogP contribution in [-0.2, 0) is 15.0 Å². The topological polar surface area (TPSA) is 77.9 Å². The van der Waals surface area contributed by atoms with Crippen LogP contribution in [0.4, 0.5) is 0 Å². The molecule has 110 valence electrons. The van der Waals surface area contributed by atoms with E-state index in [1.165, 1.54) is 4.31 Å². The molecule has 2 aliphatic rings. The van der Waals surface area contributed by atoms with Gasteiger partial charge in [0.25, 0.3) is 10.2 Å². The summed E-state index contributed by atoms with van der Waals surface area (Å²) in [6, 6.07) is 0. The van der Waals surface area contributed by atoms with E-state index in [0.29, 0.717) is 38.5 Å². The normalized spacial score (nSPS) is 30.6. The lowest BCUT2D eigenvalue weighted by molar-refractivity contribution is -0.137. The summed E-state index contributed by atoms with van der Waals surface area (Å²) < 4.78 is 28.0. The predicted octanol–water partition coefficient (Wildman–Crippen LogP) is 0.760. The van der Waals surface area contributed by atoms with Crippen LogP contribution in [0.2, 0.25) is 0 Å². The van der Waals surface area contributed by atoms with Crippen molar-refractivity contribution < 1.29 is 18.3 Å². The van der Waals surface area contributed by atoms with Crippen LogP contribution in [0.15, 0.2) is 0 Å². The number of aliphatic carboxylic acids is 1. The molecule has 2 aliphatic heterocycles. The van der Waals surface area contributed by atoms with Crippen molar-refractivity contribution in [3.63, 3.8) is 0 Å². The zero-order valence-electron chi connectivity index (χ0n) is 11.3. The lowest BCUT2D eigenvalue weighted by Crippen LogP contribution is -2.46. The van der Waals surface area contributed by atoms with Gasteiger partial charge in [-0.3, -0.25) is 4.79 Å². The van der Waals surface area contributed by atoms with E-state index in [0.717, 1.165) is 12.8 Å². The summed E-state index contributed by atoms with van der Waals surface area (Å²) in [5, 5.41) is 8.77. The standard InChI is InChI=1S/C12H22N2O4S/c1-10-3-2-5-13(8-10)19(17,18)14-6-4-11(9-14)7-12(15)16/h10-11H,2-9H2,1H3,(H,15,16). The molecule has 2 saturated heterocycles. The summed E-state index contributed by atoms with van der Waals surface area (Å²) in [7, 11) is -3.39. The highest BCUT2D eigenvalue weighted by Gasteiger charge is 2.37. The number of hydrogen-bond donors (Lipinski definition) is 1. The second-order valence-electron chi connectivity index (χ2n) is 5.72. The van der Waals surface area contributed by atoms with Crippen molar-refractivity contribution in [2.75, 3.05) is 26.2 Å². The molecule has 2 unspecified atom stereocenters. The smallest absolute Gasteiger partial charge is 0.303 e. The molecule has 0 aromatic heterocycles. The minimum atomic E-state index is -3.39. The van der Waals surface area contributed by atoms with Crippen molar-refractivity contribution in [1.82, 2.24) is 8.61 Å². The van der Waals surface area contributed by atoms with Gasteiger partial charge < -0.3 is 5.11 Å². The number of hydrogen-bond acceptors (Lipinski definition) is 3. The van der Waals surface area contributed by atoms with Crippen LogP contribution in [0.3, 0.4) is 0 Å². The number of piperidine rings is 1. The minimum absolute atomic E-state index is 0.0468. The zero-order chi connectivity index (χ0) is 14.0. The first-order chi connectivity index (χ1) is 8.89. The van der Waals surface area contributed by atoms with E-state index in [-0.39, 0.29) is 12.3 Å². The van der Waals surface area contributed by atoms with Gasteiger partial charge in [-0.25, -0.2) is 0 Å². The Balaban J connectivity index is 1.99. The molecule has 0 bridgehead atoms. The molecule has 0 radical (unpaired) electrons. The third-order valence-corrected chi connectivity index (χ3v) is 5.95. The number of carboxylic acids is 1. The molecule has 0 aliphatic carbocycles. The predicted molar refractivity (Wildman–Crippen MR) is 70.8 cm³/mol. The van der Waals surface area contributed by atoms with Crippen molar-refractivity contribution in [2.45, 2.75) is 32.6 Å². The highest BCUT2D eigenvalue weighted by molar-refractivity contribution is 7.86. The summed E-state index contributed by atoms with van der Waals surface area (Å²) >= 11 is 0. The molecule has 0 saturated carbocycles. The van der Waals surface area contributed by atoms with Crippen molar-refractivity contribution in [2.24, 2.45) is 11.8 Å². The maximum Gasteiger partial charge on any atom is 0.303 e. The van der Waals surface area contributed by atoms with Crippen LogP contribution < -0.4 is 0 Å². The van der Waals surface area contributed by atoms with Gasteiger partial charge in [-0.05, 0) is 31.1 Å². The Morgan fingerprint density at radius 2 is 1.89 bits per heavy atom. The van der Waals surface area contributed by atoms with E-state index in [4.69, 9.17) is 5.11 Å². The van der Waals surface area contributed by atoms with Crippen molar-refractivity contribution in [3.8, 4) is 0 Å². The van der Waals surface area contributed by atoms with Crippen LogP contribution in [0.25, 0.3) is 0 Å². The van der Waals surface area contributed by atoms with Crippen molar-refractivity contribution in [3.05, 3.63) is 0 Å². The fourth-order valence-corrected chi connectivity index (χ4v) is 4.80. The average Bonchev–Trinajstić information content (AvgIpc) is 2.77. The van der Waals surface area contributed by atoms with E-state index < -0.39 is 16.2 Å². The van der Waals surface area contributed by atoms with Crippen LogP contribution in [0.1, 0.15) is 32.6 Å². The maximum atomic E-state index is 12.5. The van der Waals surface area contributed by atoms with E-state index >= 15 is 0 Å². The van der Waals surface area contributed by atoms with Gasteiger partial charge in [0, 0.05) is 32.6 Å². The minimum Gasteiger partial charge on any atom is -0.481 e. The first kappa shape index (κ1) is 14.7. The Morgan fingerprint density at radius 1 is 1.21 bits per heavy atom. The van der Waals surface area contributed by atoms with E-state index in [2.05, 4.69) is 6.92 Å². The van der Waals surface area contributed by atoms with Gasteiger partial charge in [-0.15, -0.1) is 0 Å². The van der Waals surface area contributed by atoms with Gasteiger partial charge in [-0.1, -0.05) is 6.92 Å². The summed E-state index contributed by atoms with van der Waals surface area (Å²) in [6.07, 6.45) is 2.69. The molecule has 0 spiro atoms. The van der Waals surface area contributed by atoms with Crippen molar-refractivity contribution in [1.29, 1.82) is 0 Å². The highest BCUT2D eigenvalue weighted by atomic mass is 32.2. The summed E-state index contributed by atoms with van der Waals surface area (Å²) in [4.78, 5) is 10.7. The molecular weight excluding hydrogens is 268 g/mol. The van der Waals surface area contributed by atoms with Crippen LogP contribution >= 0.6 is 0 Å². The molecule has 0 amide bonds. The lowest BCUT2D eigenvalue weighted by atomic mass is 10.0. The molecule has 19 heavy (non-hydrogen) atoms. The largest absolute Gasteiger partial charge is 0.481 e. The number of carbonyl (C=O) groups is 1. The summed E-state index contributed by atoms with van der Waals surface area (Å²) in [6.45, 7) is 4.04. The summed E-state index contributed by atoms with van der Waals surface area (Å²) in [5.74, 6) is -0.494. The second kappa shape index (κ2) is 5.76. The fraction of sp³-hybridized carbons (Fsp3) is 0.917. The molecule has 2 rings (SSSR count). The molecule has 0 aromatic rings. The number of rotatable bonds is 4. The van der Waals surface area contributed by atoms with E-state index in [9.17, 15) is 13.2 Å². The van der Waals surface area contributed by atoms with Gasteiger partial charge in [0.2, 0.25) is 0 Å². The first-order valence-electron chi connectivity index (χ1n) is 6.86. The molecule has 0 aromatic carbocycles. The molecule has 7 heteroatoms. The van der Waals surface area contributed by atoms with Gasteiger partial charge >= 0.3 is 5.97 Å². The number of carboxylic acid groups (broad SMARTS) is 1. The van der Waals surface area contributed by atoms with Gasteiger partial charge in [0.1, 0.15) is 0 Å². The Bertz CT molecular complexity index is 437. The number of nitrogens with zero attached hydrogens (tertiary/aromatic N) is 2. The van der Waals surface area contributed by atoms with Gasteiger partial charge in [0.15, 0.2) is 0 Å². The van der Waals surface area contributed by atoms with Crippen LogP contribution in [0.5, 0.6) is 0 Å². The van der Waals surface area contributed by atoms with Crippen molar-refractivity contribution >= 4 is 16.2 Å². The Morgan fingerprint density at radius 3 is 2.53 bits per heavy atom. The Labute approximate surface area is 114 Å². The highest BCUT2D eigenvalue weighted by Crippen LogP contribution is 2.26. The fourth-order valence-electron chi connectivity index (χ4n) is 2.94. The third kappa shape index (κ3) is 3.46. The summed E-state index contributed by atoms with van der Waals surface area (Å²) in [5.41, 5.74) is 0. The molecule has 2 heterocycles. The van der Waals surface area contributed by atoms with Gasteiger partial charge in [0.05, 0.1) is 0 Å².